The summed E-state index contributed by atoms with van der Waals surface area (Å²) in [6.45, 7) is 1.44. The molecule has 3 saturated heterocycles. The quantitative estimate of drug-likeness (QED) is 0.439. The minimum atomic E-state index is -0.830. The number of methoxy groups -OCH3 is 1. The zero-order valence-corrected chi connectivity index (χ0v) is 22.3. The number of likely N-dealkylation sites (tertiary alicyclic amines) is 1. The van der Waals surface area contributed by atoms with E-state index in [1.54, 1.807) is 62.2 Å². The monoisotopic (exact) mass is 573 g/mol. The Kier molecular flexibility index (Phi) is 6.78. The summed E-state index contributed by atoms with van der Waals surface area (Å²) in [5.74, 6) is -1.41. The van der Waals surface area contributed by atoms with Crippen LogP contribution >= 0.6 is 27.7 Å². The third kappa shape index (κ3) is 3.99. The van der Waals surface area contributed by atoms with Gasteiger partial charge in [0.1, 0.15) is 11.8 Å². The maximum absolute atomic E-state index is 13.9. The highest BCUT2D eigenvalue weighted by Gasteiger charge is 2.76. The third-order valence-corrected chi connectivity index (χ3v) is 10.6. The van der Waals surface area contributed by atoms with Gasteiger partial charge in [0.2, 0.25) is 17.7 Å². The van der Waals surface area contributed by atoms with E-state index in [1.165, 1.54) is 4.90 Å². The van der Waals surface area contributed by atoms with Gasteiger partial charge in [-0.2, -0.15) is 0 Å². The number of rotatable bonds is 7. The van der Waals surface area contributed by atoms with Gasteiger partial charge in [-0.15, -0.1) is 11.8 Å². The number of hydrogen-bond donors (Lipinski definition) is 3. The minimum Gasteiger partial charge on any atom is -0.497 e. The Labute approximate surface area is 222 Å². The number of aliphatic hydroxyl groups excluding tert-OH is 1. The first-order valence-electron chi connectivity index (χ1n) is 11.9. The molecule has 190 valence electrons. The van der Waals surface area contributed by atoms with Crippen LogP contribution in [0.1, 0.15) is 13.3 Å². The maximum Gasteiger partial charge on any atom is 0.248 e. The first kappa shape index (κ1) is 25.1. The Balaban J connectivity index is 1.49. The molecule has 3 amide bonds. The molecule has 3 N–H and O–H groups in total. The number of carbonyl (C=O) groups is 3. The van der Waals surface area contributed by atoms with Gasteiger partial charge in [-0.1, -0.05) is 34.1 Å². The van der Waals surface area contributed by atoms with Gasteiger partial charge in [0.15, 0.2) is 0 Å². The van der Waals surface area contributed by atoms with E-state index in [1.807, 2.05) is 18.2 Å². The van der Waals surface area contributed by atoms with Crippen molar-refractivity contribution in [2.75, 3.05) is 24.4 Å². The van der Waals surface area contributed by atoms with Crippen molar-refractivity contribution in [3.8, 4) is 5.75 Å². The lowest BCUT2D eigenvalue weighted by atomic mass is 9.70. The number of benzene rings is 2. The van der Waals surface area contributed by atoms with Crippen LogP contribution in [0.25, 0.3) is 0 Å². The van der Waals surface area contributed by atoms with Crippen LogP contribution in [0.5, 0.6) is 5.75 Å². The highest BCUT2D eigenvalue weighted by molar-refractivity contribution is 9.09. The number of carbonyl (C=O) groups excluding carboxylic acids is 3. The number of thioether (sulfide) groups is 1. The van der Waals surface area contributed by atoms with Crippen molar-refractivity contribution < 1.29 is 24.2 Å². The van der Waals surface area contributed by atoms with Gasteiger partial charge in [-0.25, -0.2) is 0 Å². The lowest BCUT2D eigenvalue weighted by Gasteiger charge is -2.36. The predicted octanol–water partition coefficient (Wildman–Crippen LogP) is 3.12. The number of para-hydroxylation sites is 1. The van der Waals surface area contributed by atoms with E-state index in [0.717, 1.165) is 0 Å². The van der Waals surface area contributed by atoms with Crippen molar-refractivity contribution >= 4 is 56.8 Å². The summed E-state index contributed by atoms with van der Waals surface area (Å²) in [5.41, 5.74) is 1.24. The largest absolute Gasteiger partial charge is 0.497 e. The first-order valence-corrected chi connectivity index (χ1v) is 13.7. The Morgan fingerprint density at radius 1 is 1.14 bits per heavy atom. The number of nitrogens with zero attached hydrogens (tertiary/aromatic N) is 1. The average Bonchev–Trinajstić information content (AvgIpc) is 3.48. The zero-order valence-electron chi connectivity index (χ0n) is 19.9. The van der Waals surface area contributed by atoms with Crippen LogP contribution in [0, 0.1) is 11.8 Å². The van der Waals surface area contributed by atoms with E-state index in [4.69, 9.17) is 4.74 Å². The molecule has 1 spiro atoms. The number of halogens is 1. The summed E-state index contributed by atoms with van der Waals surface area (Å²) in [5, 5.41) is 15.8. The van der Waals surface area contributed by atoms with Gasteiger partial charge in [0.25, 0.3) is 0 Å². The van der Waals surface area contributed by atoms with E-state index in [2.05, 4.69) is 26.6 Å². The van der Waals surface area contributed by atoms with Crippen LogP contribution < -0.4 is 15.4 Å². The molecule has 0 aromatic heterocycles. The summed E-state index contributed by atoms with van der Waals surface area (Å²) in [6.07, 6.45) is 0.573. The predicted molar refractivity (Wildman–Crippen MR) is 142 cm³/mol. The van der Waals surface area contributed by atoms with Gasteiger partial charge in [-0.3, -0.25) is 14.4 Å². The van der Waals surface area contributed by atoms with Gasteiger partial charge in [-0.05, 0) is 49.7 Å². The topological polar surface area (TPSA) is 108 Å². The van der Waals surface area contributed by atoms with Crippen LogP contribution in [0.3, 0.4) is 0 Å². The van der Waals surface area contributed by atoms with Crippen molar-refractivity contribution in [3.05, 3.63) is 54.6 Å². The molecule has 3 aliphatic heterocycles. The van der Waals surface area contributed by atoms with Gasteiger partial charge >= 0.3 is 0 Å². The molecule has 3 heterocycles. The summed E-state index contributed by atoms with van der Waals surface area (Å²) < 4.78 is 4.41. The molecule has 0 radical (unpaired) electrons. The number of ether oxygens (including phenoxy) is 1. The lowest BCUT2D eigenvalue weighted by Crippen LogP contribution is -2.54. The molecular weight excluding hydrogens is 546 g/mol. The Morgan fingerprint density at radius 3 is 2.42 bits per heavy atom. The summed E-state index contributed by atoms with van der Waals surface area (Å²) in [6, 6.07) is 14.7. The second-order valence-electron chi connectivity index (χ2n) is 9.51. The van der Waals surface area contributed by atoms with Crippen molar-refractivity contribution in [2.45, 2.75) is 40.3 Å². The summed E-state index contributed by atoms with van der Waals surface area (Å²) in [4.78, 5) is 42.7. The molecule has 2 aromatic rings. The van der Waals surface area contributed by atoms with E-state index in [-0.39, 0.29) is 34.4 Å². The molecule has 36 heavy (non-hydrogen) atoms. The molecule has 5 rings (SSSR count). The molecule has 8 nitrogen and oxygen atoms in total. The van der Waals surface area contributed by atoms with Crippen LogP contribution in [0.15, 0.2) is 54.6 Å². The first-order chi connectivity index (χ1) is 17.3. The Morgan fingerprint density at radius 2 is 1.78 bits per heavy atom. The van der Waals surface area contributed by atoms with Crippen molar-refractivity contribution in [2.24, 2.45) is 11.8 Å². The normalized spacial score (nSPS) is 31.2. The second-order valence-corrected chi connectivity index (χ2v) is 12.2. The Hall–Kier alpha value is -2.56. The van der Waals surface area contributed by atoms with Crippen molar-refractivity contribution in [3.63, 3.8) is 0 Å². The number of aliphatic hydroxyl groups is 1. The molecule has 3 unspecified atom stereocenters. The number of alkyl halides is 1. The van der Waals surface area contributed by atoms with Crippen molar-refractivity contribution in [1.29, 1.82) is 0 Å². The molecule has 10 heteroatoms. The fourth-order valence-corrected chi connectivity index (χ4v) is 9.46. The average molecular weight is 574 g/mol. The zero-order chi connectivity index (χ0) is 25.6. The standard InChI is InChI=1S/C26H28BrN3O5S/c1-14(13-31)30-22(24(33)29-16-8-10-17(35-2)11-9-16)26-12-18(27)21(36-26)19(20(26)25(30)34)23(32)28-15-6-4-3-5-7-15/h3-11,14,18-22,31H,12-13H2,1-2H3,(H,28,32)(H,29,33)/t14-,18?,19+,20+,21+,22?,26?/m1/s1. The third-order valence-electron chi connectivity index (χ3n) is 7.42. The Bertz CT molecular complexity index is 1170. The highest BCUT2D eigenvalue weighted by atomic mass is 79.9. The van der Waals surface area contributed by atoms with E-state index < -0.39 is 28.7 Å². The van der Waals surface area contributed by atoms with Gasteiger partial charge < -0.3 is 25.4 Å². The number of fused-ring (bicyclic) bond motifs is 1. The molecule has 2 aromatic carbocycles. The minimum absolute atomic E-state index is 0.0289. The van der Waals surface area contributed by atoms with Gasteiger partial charge in [0, 0.05) is 21.5 Å². The number of nitrogens with one attached hydrogen (secondary N) is 2. The van der Waals surface area contributed by atoms with Gasteiger partial charge in [0.05, 0.1) is 36.3 Å². The molecule has 2 bridgehead atoms. The smallest absolute Gasteiger partial charge is 0.248 e. The summed E-state index contributed by atoms with van der Waals surface area (Å²) >= 11 is 5.31. The molecule has 3 aliphatic rings. The second kappa shape index (κ2) is 9.72. The van der Waals surface area contributed by atoms with Crippen LogP contribution in [-0.4, -0.2) is 68.4 Å². The molecule has 7 atom stereocenters. The molecule has 0 saturated carbocycles. The molecule has 0 aliphatic carbocycles. The number of amides is 3. The SMILES string of the molecule is COc1ccc(NC(=O)C2N([C@H](C)CO)C(=O)[C@@H]3[C@H](C(=O)Nc4ccccc4)[C@H]4SC23CC4Br)cc1. The van der Waals surface area contributed by atoms with Crippen LogP contribution in [-0.2, 0) is 14.4 Å². The fraction of sp³-hybridized carbons (Fsp3) is 0.423. The molecular formula is C26H28BrN3O5S. The molecule has 3 fully saturated rings. The number of hydrogen-bond acceptors (Lipinski definition) is 6. The van der Waals surface area contributed by atoms with E-state index in [9.17, 15) is 19.5 Å². The fourth-order valence-electron chi connectivity index (χ4n) is 5.86. The lowest BCUT2D eigenvalue weighted by molar-refractivity contribution is -0.140. The van der Waals surface area contributed by atoms with E-state index >= 15 is 0 Å². The van der Waals surface area contributed by atoms with Crippen LogP contribution in [0.4, 0.5) is 11.4 Å². The maximum atomic E-state index is 13.9. The number of anilines is 2. The van der Waals surface area contributed by atoms with Crippen molar-refractivity contribution in [1.82, 2.24) is 4.90 Å². The summed E-state index contributed by atoms with van der Waals surface area (Å²) in [7, 11) is 1.57. The van der Waals surface area contributed by atoms with E-state index in [0.29, 0.717) is 23.5 Å². The van der Waals surface area contributed by atoms with Crippen LogP contribution in [0.2, 0.25) is 0 Å². The highest BCUT2D eigenvalue weighted by Crippen LogP contribution is 2.68.